The Bertz CT molecular complexity index is 1770. The van der Waals surface area contributed by atoms with Gasteiger partial charge < -0.3 is 64.5 Å². The van der Waals surface area contributed by atoms with Crippen LogP contribution in [-0.4, -0.2) is 113 Å². The number of aromatic nitrogens is 1. The molecule has 334 valence electrons. The molecule has 0 radical (unpaired) electrons. The van der Waals surface area contributed by atoms with E-state index in [1.807, 2.05) is 45.0 Å². The number of amides is 6. The van der Waals surface area contributed by atoms with Crippen molar-refractivity contribution in [3.05, 3.63) is 36.0 Å². The number of carboxylic acid groups (broad SMARTS) is 1. The van der Waals surface area contributed by atoms with Gasteiger partial charge in [-0.3, -0.25) is 34.2 Å². The van der Waals surface area contributed by atoms with Gasteiger partial charge in [-0.1, -0.05) is 52.3 Å². The summed E-state index contributed by atoms with van der Waals surface area (Å²) in [5, 5.41) is 36.8. The van der Waals surface area contributed by atoms with Crippen molar-refractivity contribution < 1.29 is 38.7 Å². The molecule has 7 atom stereocenters. The predicted octanol–water partition coefficient (Wildman–Crippen LogP) is -0.833. The molecule has 0 spiro atoms. The summed E-state index contributed by atoms with van der Waals surface area (Å²) in [6.45, 7) is 8.82. The number of hydrogen-bond acceptors (Lipinski definition) is 10. The van der Waals surface area contributed by atoms with Crippen molar-refractivity contribution in [1.82, 2.24) is 42.2 Å². The fraction of sp³-hybridized carbons (Fsp3) is 0.600. The molecule has 6 amide bonds. The highest BCUT2D eigenvalue weighted by molar-refractivity contribution is 5.96. The minimum atomic E-state index is -1.36. The molecular formula is C40H66N12O8. The van der Waals surface area contributed by atoms with E-state index in [1.165, 1.54) is 6.92 Å². The smallest absolute Gasteiger partial charge is 0.326 e. The summed E-state index contributed by atoms with van der Waals surface area (Å²) in [4.78, 5) is 95.7. The molecule has 1 aromatic heterocycles. The molecule has 60 heavy (non-hydrogen) atoms. The molecule has 0 aliphatic rings. The van der Waals surface area contributed by atoms with E-state index in [1.54, 1.807) is 13.1 Å². The number of hydrogen-bond donors (Lipinski definition) is 13. The van der Waals surface area contributed by atoms with E-state index in [4.69, 9.17) is 22.6 Å². The van der Waals surface area contributed by atoms with Crippen molar-refractivity contribution in [1.29, 1.82) is 5.41 Å². The molecule has 0 saturated heterocycles. The number of rotatable bonds is 27. The largest absolute Gasteiger partial charge is 0.480 e. The first-order chi connectivity index (χ1) is 28.4. The summed E-state index contributed by atoms with van der Waals surface area (Å²) in [5.41, 5.74) is 18.2. The van der Waals surface area contributed by atoms with Gasteiger partial charge in [0.2, 0.25) is 35.4 Å². The molecule has 2 rings (SSSR count). The van der Waals surface area contributed by atoms with Crippen molar-refractivity contribution in [2.75, 3.05) is 19.6 Å². The number of aromatic amines is 1. The van der Waals surface area contributed by atoms with Gasteiger partial charge in [0.25, 0.3) is 0 Å². The fourth-order valence-corrected chi connectivity index (χ4v) is 6.32. The van der Waals surface area contributed by atoms with Crippen LogP contribution in [0.1, 0.15) is 85.1 Å². The number of aliphatic carboxylic acids is 1. The number of nitrogens with two attached hydrogens (primary N) is 3. The third-order valence-corrected chi connectivity index (χ3v) is 9.90. The van der Waals surface area contributed by atoms with Crippen LogP contribution in [0, 0.1) is 17.2 Å². The number of fused-ring (bicyclic) bond motifs is 1. The second-order valence-electron chi connectivity index (χ2n) is 15.5. The standard InChI is InChI=1S/C40H66N12O8/c1-6-23(4)33(52-32(53)21-47-34(54)24(5)42)38(58)50-30(18-22(2)3)37(57)49-28(14-9-10-16-41)35(55)48-29(15-11-17-45-40(43)44)36(56)51-31(39(59)60)19-25-20-46-27-13-8-7-12-26(25)27/h7-8,12-13,20,22-24,28-31,33,46H,6,9-11,14-19,21,41-42H2,1-5H3,(H,47,54)(H,48,55)(H,49,57)(H,50,58)(H,51,56)(H,52,53)(H,59,60)(H4,43,44,45)/t23-,24-,28-,29-,30-,31-,33-/m1/s1. The molecule has 0 fully saturated rings. The van der Waals surface area contributed by atoms with Gasteiger partial charge in [-0.05, 0) is 75.5 Å². The van der Waals surface area contributed by atoms with Gasteiger partial charge in [-0.25, -0.2) is 4.79 Å². The molecule has 1 aromatic carbocycles. The molecule has 1 heterocycles. The first kappa shape index (κ1) is 50.4. The zero-order valence-electron chi connectivity index (χ0n) is 35.3. The van der Waals surface area contributed by atoms with Crippen molar-refractivity contribution in [2.24, 2.45) is 29.0 Å². The maximum absolute atomic E-state index is 14.0. The summed E-state index contributed by atoms with van der Waals surface area (Å²) < 4.78 is 0. The minimum absolute atomic E-state index is 0.0183. The van der Waals surface area contributed by atoms with Crippen LogP contribution in [-0.2, 0) is 40.0 Å². The Kier molecular flexibility index (Phi) is 21.6. The highest BCUT2D eigenvalue weighted by Gasteiger charge is 2.34. The lowest BCUT2D eigenvalue weighted by atomic mass is 9.96. The van der Waals surface area contributed by atoms with Crippen molar-refractivity contribution in [2.45, 2.75) is 122 Å². The van der Waals surface area contributed by atoms with E-state index in [9.17, 15) is 38.7 Å². The van der Waals surface area contributed by atoms with E-state index in [2.05, 4.69) is 42.2 Å². The first-order valence-corrected chi connectivity index (χ1v) is 20.5. The Labute approximate surface area is 350 Å². The number of unbranched alkanes of at least 4 members (excludes halogenated alkanes) is 1. The van der Waals surface area contributed by atoms with E-state index in [0.29, 0.717) is 31.4 Å². The Morgan fingerprint density at radius 2 is 1.35 bits per heavy atom. The maximum atomic E-state index is 14.0. The third kappa shape index (κ3) is 17.2. The van der Waals surface area contributed by atoms with E-state index < -0.39 is 84.2 Å². The maximum Gasteiger partial charge on any atom is 0.326 e. The Hall–Kier alpha value is -5.76. The summed E-state index contributed by atoms with van der Waals surface area (Å²) in [6.07, 6.45) is 3.60. The molecule has 0 aliphatic carbocycles. The van der Waals surface area contributed by atoms with Crippen LogP contribution in [0.15, 0.2) is 30.5 Å². The number of H-pyrrole nitrogens is 1. The minimum Gasteiger partial charge on any atom is -0.480 e. The lowest BCUT2D eigenvalue weighted by molar-refractivity contribution is -0.142. The average molecular weight is 843 g/mol. The normalized spacial score (nSPS) is 14.7. The van der Waals surface area contributed by atoms with Gasteiger partial charge in [-0.2, -0.15) is 0 Å². The van der Waals surface area contributed by atoms with Crippen LogP contribution < -0.4 is 54.4 Å². The second-order valence-corrected chi connectivity index (χ2v) is 15.5. The molecule has 20 nitrogen and oxygen atoms in total. The lowest BCUT2D eigenvalue weighted by Gasteiger charge is -2.29. The third-order valence-electron chi connectivity index (χ3n) is 9.90. The summed E-state index contributed by atoms with van der Waals surface area (Å²) in [5.74, 6) is -6.04. The average Bonchev–Trinajstić information content (AvgIpc) is 3.60. The number of benzene rings is 1. The Morgan fingerprint density at radius 3 is 1.92 bits per heavy atom. The number of guanidine groups is 1. The number of nitrogens with one attached hydrogen (secondary N) is 9. The molecule has 0 saturated carbocycles. The first-order valence-electron chi connectivity index (χ1n) is 20.5. The van der Waals surface area contributed by atoms with Gasteiger partial charge >= 0.3 is 5.97 Å². The highest BCUT2D eigenvalue weighted by Crippen LogP contribution is 2.19. The zero-order chi connectivity index (χ0) is 44.9. The van der Waals surface area contributed by atoms with E-state index in [-0.39, 0.29) is 56.4 Å². The number of carbonyl (C=O) groups is 7. The fourth-order valence-electron chi connectivity index (χ4n) is 6.32. The molecule has 16 N–H and O–H groups in total. The van der Waals surface area contributed by atoms with Crippen LogP contribution in [0.4, 0.5) is 0 Å². The van der Waals surface area contributed by atoms with Gasteiger partial charge in [-0.15, -0.1) is 0 Å². The number of para-hydroxylation sites is 1. The summed E-state index contributed by atoms with van der Waals surface area (Å²) >= 11 is 0. The Balaban J connectivity index is 2.33. The molecule has 0 bridgehead atoms. The van der Waals surface area contributed by atoms with E-state index >= 15 is 0 Å². The van der Waals surface area contributed by atoms with Crippen LogP contribution in [0.5, 0.6) is 0 Å². The molecule has 0 aliphatic heterocycles. The second kappa shape index (κ2) is 25.7. The Morgan fingerprint density at radius 1 is 0.767 bits per heavy atom. The van der Waals surface area contributed by atoms with Gasteiger partial charge in [0.15, 0.2) is 5.96 Å². The topological polar surface area (TPSA) is 342 Å². The van der Waals surface area contributed by atoms with E-state index in [0.717, 1.165) is 10.9 Å². The quantitative estimate of drug-likeness (QED) is 0.0298. The lowest BCUT2D eigenvalue weighted by Crippen LogP contribution is -2.60. The molecular weight excluding hydrogens is 777 g/mol. The molecule has 2 aromatic rings. The van der Waals surface area contributed by atoms with Gasteiger partial charge in [0.05, 0.1) is 12.6 Å². The SMILES string of the molecule is CC[C@@H](C)[C@@H](NC(=O)CNC(=O)[C@@H](C)N)C(=O)N[C@H](CC(C)C)C(=O)N[C@H](CCCCN)C(=O)N[C@H](CCCNC(=N)N)C(=O)N[C@H](Cc1c[nH]c2ccccc12)C(=O)O. The van der Waals surface area contributed by atoms with Crippen LogP contribution in [0.25, 0.3) is 10.9 Å². The molecule has 20 heteroatoms. The van der Waals surface area contributed by atoms with Crippen LogP contribution in [0.2, 0.25) is 0 Å². The summed E-state index contributed by atoms with van der Waals surface area (Å²) in [6, 6.07) is 0.474. The van der Waals surface area contributed by atoms with Crippen molar-refractivity contribution >= 4 is 58.3 Å². The van der Waals surface area contributed by atoms with Gasteiger partial charge in [0, 0.05) is 30.1 Å². The number of carbonyl (C=O) groups excluding carboxylic acids is 6. The van der Waals surface area contributed by atoms with Crippen molar-refractivity contribution in [3.8, 4) is 0 Å². The molecule has 0 unspecified atom stereocenters. The number of carboxylic acids is 1. The zero-order valence-corrected chi connectivity index (χ0v) is 35.3. The van der Waals surface area contributed by atoms with Crippen molar-refractivity contribution in [3.63, 3.8) is 0 Å². The summed E-state index contributed by atoms with van der Waals surface area (Å²) in [7, 11) is 0. The monoisotopic (exact) mass is 843 g/mol. The van der Waals surface area contributed by atoms with Crippen LogP contribution >= 0.6 is 0 Å². The van der Waals surface area contributed by atoms with Crippen LogP contribution in [0.3, 0.4) is 0 Å². The van der Waals surface area contributed by atoms with Gasteiger partial charge in [0.1, 0.15) is 30.2 Å². The predicted molar refractivity (Wildman–Crippen MR) is 227 cm³/mol. The highest BCUT2D eigenvalue weighted by atomic mass is 16.4.